The first-order valence-corrected chi connectivity index (χ1v) is 4.49. The van der Waals surface area contributed by atoms with Gasteiger partial charge in [-0.3, -0.25) is 0 Å². The topological polar surface area (TPSA) is 46.9 Å². The summed E-state index contributed by atoms with van der Waals surface area (Å²) in [6.07, 6.45) is 2.71. The van der Waals surface area contributed by atoms with Gasteiger partial charge < -0.3 is 9.88 Å². The zero-order valence-electron chi connectivity index (χ0n) is 8.29. The highest BCUT2D eigenvalue weighted by molar-refractivity contribution is 5.41. The number of hydrogen-bond donors (Lipinski definition) is 1. The summed E-state index contributed by atoms with van der Waals surface area (Å²) in [4.78, 5) is 15.1. The Bertz CT molecular complexity index is 343. The number of hydrogen-bond acceptors (Lipinski definition) is 3. The third-order valence-electron chi connectivity index (χ3n) is 1.89. The largest absolute Gasteiger partial charge is 0.370 e. The summed E-state index contributed by atoms with van der Waals surface area (Å²) >= 11 is 0. The van der Waals surface area contributed by atoms with Gasteiger partial charge in [-0.1, -0.05) is 6.92 Å². The minimum Gasteiger partial charge on any atom is -0.370 e. The zero-order valence-corrected chi connectivity index (χ0v) is 8.29. The van der Waals surface area contributed by atoms with Gasteiger partial charge in [-0.25, -0.2) is 4.79 Å². The second-order valence-electron chi connectivity index (χ2n) is 2.89. The second kappa shape index (κ2) is 4.07. The van der Waals surface area contributed by atoms with Crippen molar-refractivity contribution < 1.29 is 0 Å². The van der Waals surface area contributed by atoms with Gasteiger partial charge in [0.25, 0.3) is 0 Å². The van der Waals surface area contributed by atoms with Crippen LogP contribution in [0.4, 0.5) is 5.82 Å². The lowest BCUT2D eigenvalue weighted by Gasteiger charge is -2.08. The van der Waals surface area contributed by atoms with Gasteiger partial charge in [0.05, 0.1) is 0 Å². The minimum absolute atomic E-state index is 0.215. The molecule has 0 spiro atoms. The van der Waals surface area contributed by atoms with E-state index in [1.165, 1.54) is 4.57 Å². The molecule has 4 nitrogen and oxygen atoms in total. The molecule has 4 heteroatoms. The third-order valence-corrected chi connectivity index (χ3v) is 1.89. The Kier molecular flexibility index (Phi) is 3.06. The van der Waals surface area contributed by atoms with Crippen molar-refractivity contribution in [1.29, 1.82) is 0 Å². The van der Waals surface area contributed by atoms with Crippen molar-refractivity contribution in [3.63, 3.8) is 0 Å². The van der Waals surface area contributed by atoms with Gasteiger partial charge in [0.2, 0.25) is 0 Å². The lowest BCUT2D eigenvalue weighted by molar-refractivity contribution is 0.792. The van der Waals surface area contributed by atoms with E-state index in [0.717, 1.165) is 18.5 Å². The van der Waals surface area contributed by atoms with Crippen molar-refractivity contribution in [3.8, 4) is 0 Å². The summed E-state index contributed by atoms with van der Waals surface area (Å²) in [6.45, 7) is 4.81. The van der Waals surface area contributed by atoms with Crippen LogP contribution in [-0.2, 0) is 13.5 Å². The van der Waals surface area contributed by atoms with E-state index in [9.17, 15) is 4.79 Å². The minimum atomic E-state index is -0.215. The fourth-order valence-corrected chi connectivity index (χ4v) is 1.18. The van der Waals surface area contributed by atoms with Crippen molar-refractivity contribution in [2.75, 3.05) is 11.9 Å². The third kappa shape index (κ3) is 2.08. The van der Waals surface area contributed by atoms with E-state index >= 15 is 0 Å². The van der Waals surface area contributed by atoms with Crippen LogP contribution in [0.1, 0.15) is 19.4 Å². The Morgan fingerprint density at radius 2 is 2.23 bits per heavy atom. The Labute approximate surface area is 77.6 Å². The molecule has 0 saturated heterocycles. The first-order valence-electron chi connectivity index (χ1n) is 4.49. The molecule has 0 aromatic carbocycles. The maximum Gasteiger partial charge on any atom is 0.349 e. The molecule has 0 fully saturated rings. The molecular weight excluding hydrogens is 166 g/mol. The van der Waals surface area contributed by atoms with Gasteiger partial charge >= 0.3 is 5.69 Å². The quantitative estimate of drug-likeness (QED) is 0.749. The fourth-order valence-electron chi connectivity index (χ4n) is 1.18. The molecule has 1 heterocycles. The molecule has 0 aliphatic rings. The Morgan fingerprint density at radius 3 is 2.77 bits per heavy atom. The van der Waals surface area contributed by atoms with E-state index in [4.69, 9.17) is 0 Å². The number of anilines is 1. The molecule has 0 bridgehead atoms. The summed E-state index contributed by atoms with van der Waals surface area (Å²) < 4.78 is 1.50. The van der Waals surface area contributed by atoms with Crippen molar-refractivity contribution in [2.45, 2.75) is 20.3 Å². The summed E-state index contributed by atoms with van der Waals surface area (Å²) in [5.74, 6) is 0.716. The van der Waals surface area contributed by atoms with E-state index in [0.29, 0.717) is 5.82 Å². The number of aromatic nitrogens is 2. The molecule has 0 atom stereocenters. The molecular formula is C9H15N3O. The molecule has 0 saturated carbocycles. The molecule has 0 unspecified atom stereocenters. The van der Waals surface area contributed by atoms with E-state index < -0.39 is 0 Å². The van der Waals surface area contributed by atoms with Crippen molar-refractivity contribution in [3.05, 3.63) is 22.2 Å². The average molecular weight is 181 g/mol. The predicted molar refractivity (Wildman–Crippen MR) is 53.0 cm³/mol. The lowest BCUT2D eigenvalue weighted by Crippen LogP contribution is -2.22. The van der Waals surface area contributed by atoms with E-state index in [2.05, 4.69) is 10.3 Å². The standard InChI is InChI=1S/C9H15N3O/c1-4-7-6-12(3)9(13)11-8(7)10-5-2/h6H,4-5H2,1-3H3,(H,10,11,13). The van der Waals surface area contributed by atoms with E-state index in [-0.39, 0.29) is 5.69 Å². The number of nitrogens with one attached hydrogen (secondary N) is 1. The smallest absolute Gasteiger partial charge is 0.349 e. The van der Waals surface area contributed by atoms with Crippen molar-refractivity contribution in [1.82, 2.24) is 9.55 Å². The molecule has 1 aromatic heterocycles. The lowest BCUT2D eigenvalue weighted by atomic mass is 10.2. The van der Waals surface area contributed by atoms with E-state index in [1.54, 1.807) is 7.05 Å². The van der Waals surface area contributed by atoms with Crippen molar-refractivity contribution >= 4 is 5.82 Å². The monoisotopic (exact) mass is 181 g/mol. The van der Waals surface area contributed by atoms with Gasteiger partial charge in [0.15, 0.2) is 0 Å². The van der Waals surface area contributed by atoms with Crippen LogP contribution in [0.15, 0.2) is 11.0 Å². The highest BCUT2D eigenvalue weighted by Crippen LogP contribution is 2.08. The fraction of sp³-hybridized carbons (Fsp3) is 0.556. The Balaban J connectivity index is 3.16. The SMILES string of the molecule is CCNc1nc(=O)n(C)cc1CC. The maximum atomic E-state index is 11.2. The predicted octanol–water partition coefficient (Wildman–Crippen LogP) is 0.774. The number of nitrogens with zero attached hydrogens (tertiary/aromatic N) is 2. The molecule has 1 aromatic rings. The maximum absolute atomic E-state index is 11.2. The molecule has 13 heavy (non-hydrogen) atoms. The number of rotatable bonds is 3. The van der Waals surface area contributed by atoms with Crippen LogP contribution < -0.4 is 11.0 Å². The number of aryl methyl sites for hydroxylation is 2. The van der Waals surface area contributed by atoms with Gasteiger partial charge in [0.1, 0.15) is 5.82 Å². The zero-order chi connectivity index (χ0) is 9.84. The average Bonchev–Trinajstić information content (AvgIpc) is 2.11. The van der Waals surface area contributed by atoms with Gasteiger partial charge in [-0.15, -0.1) is 0 Å². The highest BCUT2D eigenvalue weighted by atomic mass is 16.1. The molecule has 72 valence electrons. The first-order chi connectivity index (χ1) is 6.19. The first kappa shape index (κ1) is 9.77. The van der Waals surface area contributed by atoms with Crippen LogP contribution in [0.2, 0.25) is 0 Å². The molecule has 0 aliphatic carbocycles. The van der Waals surface area contributed by atoms with Crippen LogP contribution in [0.5, 0.6) is 0 Å². The van der Waals surface area contributed by atoms with Gasteiger partial charge in [-0.2, -0.15) is 4.98 Å². The Morgan fingerprint density at radius 1 is 1.54 bits per heavy atom. The molecule has 0 amide bonds. The summed E-state index contributed by atoms with van der Waals surface area (Å²) in [7, 11) is 1.71. The molecule has 0 radical (unpaired) electrons. The normalized spacial score (nSPS) is 10.1. The molecule has 1 rings (SSSR count). The van der Waals surface area contributed by atoms with Crippen LogP contribution >= 0.6 is 0 Å². The highest BCUT2D eigenvalue weighted by Gasteiger charge is 2.03. The Hall–Kier alpha value is -1.32. The van der Waals surface area contributed by atoms with Gasteiger partial charge in [0, 0.05) is 25.4 Å². The molecule has 1 N–H and O–H groups in total. The summed E-state index contributed by atoms with van der Waals surface area (Å²) in [6, 6.07) is 0. The van der Waals surface area contributed by atoms with Crippen LogP contribution in [0.25, 0.3) is 0 Å². The molecule has 0 aliphatic heterocycles. The van der Waals surface area contributed by atoms with Crippen LogP contribution in [0, 0.1) is 0 Å². The summed E-state index contributed by atoms with van der Waals surface area (Å²) in [5.41, 5.74) is 0.858. The second-order valence-corrected chi connectivity index (χ2v) is 2.89. The van der Waals surface area contributed by atoms with Crippen molar-refractivity contribution in [2.24, 2.45) is 7.05 Å². The van der Waals surface area contributed by atoms with Crippen LogP contribution in [-0.4, -0.2) is 16.1 Å². The van der Waals surface area contributed by atoms with E-state index in [1.807, 2.05) is 20.0 Å². The summed E-state index contributed by atoms with van der Waals surface area (Å²) in [5, 5.41) is 3.07. The van der Waals surface area contributed by atoms with Crippen LogP contribution in [0.3, 0.4) is 0 Å². The van der Waals surface area contributed by atoms with Gasteiger partial charge in [-0.05, 0) is 13.3 Å².